The minimum atomic E-state index is -0.161. The van der Waals surface area contributed by atoms with Gasteiger partial charge in [-0.05, 0) is 25.1 Å². The zero-order valence-corrected chi connectivity index (χ0v) is 8.49. The van der Waals surface area contributed by atoms with Crippen molar-refractivity contribution >= 4 is 22.5 Å². The van der Waals surface area contributed by atoms with Crippen molar-refractivity contribution in [3.05, 3.63) is 35.5 Å². The van der Waals surface area contributed by atoms with Crippen molar-refractivity contribution in [1.82, 2.24) is 4.57 Å². The lowest BCUT2D eigenvalue weighted by Gasteiger charge is -2.06. The van der Waals surface area contributed by atoms with Gasteiger partial charge in [-0.25, -0.2) is 0 Å². The highest BCUT2D eigenvalue weighted by Crippen LogP contribution is 2.26. The Hall–Kier alpha value is -1.46. The van der Waals surface area contributed by atoms with Gasteiger partial charge in [0.15, 0.2) is 0 Å². The van der Waals surface area contributed by atoms with E-state index < -0.39 is 0 Å². The number of nitriles is 1. The summed E-state index contributed by atoms with van der Waals surface area (Å²) in [5, 5.41) is 10.6. The molecule has 0 bridgehead atoms. The zero-order chi connectivity index (χ0) is 10.1. The Labute approximate surface area is 87.3 Å². The highest BCUT2D eigenvalue weighted by Gasteiger charge is 2.07. The first kappa shape index (κ1) is 9.11. The van der Waals surface area contributed by atoms with Gasteiger partial charge < -0.3 is 4.57 Å². The van der Waals surface area contributed by atoms with E-state index in [1.54, 1.807) is 0 Å². The minimum Gasteiger partial charge on any atom is -0.331 e. The van der Waals surface area contributed by atoms with Gasteiger partial charge in [0.1, 0.15) is 6.04 Å². The summed E-state index contributed by atoms with van der Waals surface area (Å²) in [7, 11) is 0. The molecule has 1 atom stereocenters. The standard InChI is InChI=1S/C11H9ClN2/c1-8(7-13)14-6-5-9-10(12)3-2-4-11(9)14/h2-6,8H,1H3. The maximum Gasteiger partial charge on any atom is 0.118 e. The van der Waals surface area contributed by atoms with Crippen LogP contribution in [0.4, 0.5) is 0 Å². The first-order chi connectivity index (χ1) is 6.74. The van der Waals surface area contributed by atoms with Gasteiger partial charge in [-0.2, -0.15) is 5.26 Å². The van der Waals surface area contributed by atoms with E-state index in [4.69, 9.17) is 16.9 Å². The predicted octanol–water partition coefficient (Wildman–Crippen LogP) is 3.38. The summed E-state index contributed by atoms with van der Waals surface area (Å²) in [6, 6.07) is 9.69. The van der Waals surface area contributed by atoms with Crippen molar-refractivity contribution in [3.8, 4) is 6.07 Å². The summed E-state index contributed by atoms with van der Waals surface area (Å²) in [6.45, 7) is 1.86. The second-order valence-corrected chi connectivity index (χ2v) is 3.61. The van der Waals surface area contributed by atoms with Gasteiger partial charge in [0, 0.05) is 16.6 Å². The molecule has 0 fully saturated rings. The van der Waals surface area contributed by atoms with E-state index in [2.05, 4.69) is 6.07 Å². The van der Waals surface area contributed by atoms with Crippen molar-refractivity contribution in [3.63, 3.8) is 0 Å². The predicted molar refractivity (Wildman–Crippen MR) is 57.3 cm³/mol. The SMILES string of the molecule is CC(C#N)n1ccc2c(Cl)cccc21. The third-order valence-electron chi connectivity index (χ3n) is 2.31. The molecule has 2 aromatic rings. The topological polar surface area (TPSA) is 28.7 Å². The number of halogens is 1. The molecule has 0 saturated carbocycles. The molecule has 2 rings (SSSR count). The van der Waals surface area contributed by atoms with Crippen LogP contribution >= 0.6 is 11.6 Å². The lowest BCUT2D eigenvalue weighted by Crippen LogP contribution is -1.99. The quantitative estimate of drug-likeness (QED) is 0.700. The summed E-state index contributed by atoms with van der Waals surface area (Å²) >= 11 is 6.02. The molecular formula is C11H9ClN2. The minimum absolute atomic E-state index is 0.161. The number of hydrogen-bond acceptors (Lipinski definition) is 1. The summed E-state index contributed by atoms with van der Waals surface area (Å²) in [5.41, 5.74) is 1.01. The summed E-state index contributed by atoms with van der Waals surface area (Å²) in [6.07, 6.45) is 1.89. The molecule has 0 saturated heterocycles. The molecule has 0 amide bonds. The molecule has 2 nitrogen and oxygen atoms in total. The Morgan fingerprint density at radius 1 is 1.43 bits per heavy atom. The van der Waals surface area contributed by atoms with Crippen LogP contribution in [0.2, 0.25) is 5.02 Å². The van der Waals surface area contributed by atoms with Gasteiger partial charge in [0.05, 0.1) is 11.6 Å². The molecule has 1 heterocycles. The highest BCUT2D eigenvalue weighted by atomic mass is 35.5. The maximum absolute atomic E-state index is 8.83. The van der Waals surface area contributed by atoms with Gasteiger partial charge in [-0.15, -0.1) is 0 Å². The average molecular weight is 205 g/mol. The molecule has 3 heteroatoms. The van der Waals surface area contributed by atoms with Crippen LogP contribution in [-0.4, -0.2) is 4.57 Å². The van der Waals surface area contributed by atoms with Crippen LogP contribution in [-0.2, 0) is 0 Å². The summed E-state index contributed by atoms with van der Waals surface area (Å²) in [4.78, 5) is 0. The lowest BCUT2D eigenvalue weighted by molar-refractivity contribution is 0.701. The summed E-state index contributed by atoms with van der Waals surface area (Å²) in [5.74, 6) is 0. The van der Waals surface area contributed by atoms with Gasteiger partial charge in [-0.3, -0.25) is 0 Å². The van der Waals surface area contributed by atoms with Crippen LogP contribution in [0.1, 0.15) is 13.0 Å². The molecule has 1 unspecified atom stereocenters. The summed E-state index contributed by atoms with van der Waals surface area (Å²) < 4.78 is 1.92. The Bertz CT molecular complexity index is 507. The monoisotopic (exact) mass is 204 g/mol. The number of aromatic nitrogens is 1. The molecule has 0 aliphatic rings. The van der Waals surface area contributed by atoms with Gasteiger partial charge in [0.2, 0.25) is 0 Å². The van der Waals surface area contributed by atoms with Crippen LogP contribution in [0.15, 0.2) is 30.5 Å². The van der Waals surface area contributed by atoms with Crippen molar-refractivity contribution in [2.75, 3.05) is 0 Å². The molecule has 70 valence electrons. The van der Waals surface area contributed by atoms with Gasteiger partial charge >= 0.3 is 0 Å². The molecule has 0 spiro atoms. The average Bonchev–Trinajstić information content (AvgIpc) is 2.62. The van der Waals surface area contributed by atoms with Gasteiger partial charge in [-0.1, -0.05) is 17.7 Å². The van der Waals surface area contributed by atoms with Crippen LogP contribution < -0.4 is 0 Å². The van der Waals surface area contributed by atoms with E-state index in [-0.39, 0.29) is 6.04 Å². The number of nitrogens with zero attached hydrogens (tertiary/aromatic N) is 2. The number of hydrogen-bond donors (Lipinski definition) is 0. The van der Waals surface area contributed by atoms with E-state index in [9.17, 15) is 0 Å². The van der Waals surface area contributed by atoms with E-state index in [0.29, 0.717) is 0 Å². The van der Waals surface area contributed by atoms with Crippen molar-refractivity contribution in [2.24, 2.45) is 0 Å². The fourth-order valence-electron chi connectivity index (χ4n) is 1.55. The largest absolute Gasteiger partial charge is 0.331 e. The molecule has 1 aromatic heterocycles. The van der Waals surface area contributed by atoms with E-state index in [1.165, 1.54) is 0 Å². The Kier molecular flexibility index (Phi) is 2.18. The van der Waals surface area contributed by atoms with Crippen molar-refractivity contribution in [2.45, 2.75) is 13.0 Å². The molecule has 0 N–H and O–H groups in total. The second kappa shape index (κ2) is 3.36. The van der Waals surface area contributed by atoms with Crippen LogP contribution in [0.5, 0.6) is 0 Å². The highest BCUT2D eigenvalue weighted by molar-refractivity contribution is 6.35. The van der Waals surface area contributed by atoms with Crippen LogP contribution in [0.3, 0.4) is 0 Å². The normalized spacial score (nSPS) is 12.6. The third kappa shape index (κ3) is 1.26. The molecule has 0 radical (unpaired) electrons. The molecule has 0 aliphatic carbocycles. The van der Waals surface area contributed by atoms with E-state index in [0.717, 1.165) is 15.9 Å². The number of fused-ring (bicyclic) bond motifs is 1. The van der Waals surface area contributed by atoms with Gasteiger partial charge in [0.25, 0.3) is 0 Å². The van der Waals surface area contributed by atoms with Crippen molar-refractivity contribution in [1.29, 1.82) is 5.26 Å². The molecular weight excluding hydrogens is 196 g/mol. The Morgan fingerprint density at radius 3 is 2.93 bits per heavy atom. The van der Waals surface area contributed by atoms with E-state index >= 15 is 0 Å². The van der Waals surface area contributed by atoms with Crippen LogP contribution in [0, 0.1) is 11.3 Å². The second-order valence-electron chi connectivity index (χ2n) is 3.20. The first-order valence-corrected chi connectivity index (χ1v) is 4.76. The first-order valence-electron chi connectivity index (χ1n) is 4.38. The molecule has 14 heavy (non-hydrogen) atoms. The molecule has 1 aromatic carbocycles. The zero-order valence-electron chi connectivity index (χ0n) is 7.74. The number of benzene rings is 1. The van der Waals surface area contributed by atoms with Crippen molar-refractivity contribution < 1.29 is 0 Å². The number of rotatable bonds is 1. The fraction of sp³-hybridized carbons (Fsp3) is 0.182. The van der Waals surface area contributed by atoms with E-state index in [1.807, 2.05) is 42.0 Å². The van der Waals surface area contributed by atoms with Crippen LogP contribution in [0.25, 0.3) is 10.9 Å². The third-order valence-corrected chi connectivity index (χ3v) is 2.64. The Morgan fingerprint density at radius 2 is 2.21 bits per heavy atom. The maximum atomic E-state index is 8.83. The molecule has 0 aliphatic heterocycles. The fourth-order valence-corrected chi connectivity index (χ4v) is 1.78. The Balaban J connectivity index is 2.71. The lowest BCUT2D eigenvalue weighted by atomic mass is 10.2. The smallest absolute Gasteiger partial charge is 0.118 e.